The highest BCUT2D eigenvalue weighted by atomic mass is 79.9. The van der Waals surface area contributed by atoms with E-state index in [1.54, 1.807) is 31.2 Å². The van der Waals surface area contributed by atoms with Crippen LogP contribution in [-0.4, -0.2) is 18.4 Å². The number of Topliss-reactive ketones (excluding diaryl/α,β-unsaturated/α-hetero) is 1. The molecule has 0 amide bonds. The van der Waals surface area contributed by atoms with Gasteiger partial charge in [-0.25, -0.2) is 0 Å². The molecular formula is C18H16BrNO3S. The van der Waals surface area contributed by atoms with Crippen molar-refractivity contribution in [3.8, 4) is 6.07 Å². The average molecular weight is 406 g/mol. The lowest BCUT2D eigenvalue weighted by molar-refractivity contribution is -0.146. The van der Waals surface area contributed by atoms with Crippen molar-refractivity contribution in [3.05, 3.63) is 56.7 Å². The van der Waals surface area contributed by atoms with Crippen molar-refractivity contribution < 1.29 is 14.3 Å². The number of carbonyl (C=O) groups excluding carboxylic acids is 2. The Morgan fingerprint density at radius 2 is 2.00 bits per heavy atom. The summed E-state index contributed by atoms with van der Waals surface area (Å²) in [6.45, 7) is 1.90. The van der Waals surface area contributed by atoms with Crippen LogP contribution in [0.1, 0.15) is 34.5 Å². The topological polar surface area (TPSA) is 67.2 Å². The molecule has 2 unspecified atom stereocenters. The number of hydrogen-bond donors (Lipinski definition) is 0. The van der Waals surface area contributed by atoms with Crippen molar-refractivity contribution in [3.63, 3.8) is 0 Å². The fourth-order valence-corrected chi connectivity index (χ4v) is 3.51. The van der Waals surface area contributed by atoms with E-state index in [1.807, 2.05) is 23.6 Å². The first kappa shape index (κ1) is 18.4. The monoisotopic (exact) mass is 405 g/mol. The first-order valence-electron chi connectivity index (χ1n) is 7.45. The zero-order valence-electron chi connectivity index (χ0n) is 13.1. The SMILES string of the molecule is CCOC(=O)C(C#N)C(CC(=O)c1ccc(Br)cc1)c1cccs1. The number of ether oxygens (including phenoxy) is 1. The molecule has 0 aliphatic carbocycles. The maximum Gasteiger partial charge on any atom is 0.324 e. The molecule has 0 bridgehead atoms. The average Bonchev–Trinajstić information content (AvgIpc) is 3.09. The Balaban J connectivity index is 2.27. The molecule has 1 aromatic carbocycles. The maximum atomic E-state index is 12.6. The lowest BCUT2D eigenvalue weighted by Crippen LogP contribution is -2.25. The molecule has 0 saturated heterocycles. The first-order valence-corrected chi connectivity index (χ1v) is 9.12. The third kappa shape index (κ3) is 4.53. The van der Waals surface area contributed by atoms with Gasteiger partial charge in [-0.15, -0.1) is 11.3 Å². The quantitative estimate of drug-likeness (QED) is 0.499. The van der Waals surface area contributed by atoms with Crippen LogP contribution in [0.5, 0.6) is 0 Å². The van der Waals surface area contributed by atoms with Crippen molar-refractivity contribution in [2.24, 2.45) is 5.92 Å². The van der Waals surface area contributed by atoms with Gasteiger partial charge in [-0.2, -0.15) is 5.26 Å². The fraction of sp³-hybridized carbons (Fsp3) is 0.278. The molecule has 0 spiro atoms. The summed E-state index contributed by atoms with van der Waals surface area (Å²) in [4.78, 5) is 25.5. The molecule has 24 heavy (non-hydrogen) atoms. The number of rotatable bonds is 7. The van der Waals surface area contributed by atoms with E-state index in [9.17, 15) is 14.9 Å². The lowest BCUT2D eigenvalue weighted by atomic mass is 9.86. The molecule has 124 valence electrons. The Hall–Kier alpha value is -1.97. The van der Waals surface area contributed by atoms with Gasteiger partial charge in [0.15, 0.2) is 11.7 Å². The molecule has 0 saturated carbocycles. The molecule has 0 fully saturated rings. The zero-order valence-corrected chi connectivity index (χ0v) is 15.5. The second kappa shape index (κ2) is 8.76. The number of nitrogens with zero attached hydrogens (tertiary/aromatic N) is 1. The molecule has 4 nitrogen and oxygen atoms in total. The van der Waals surface area contributed by atoms with Gasteiger partial charge in [-0.05, 0) is 30.5 Å². The van der Waals surface area contributed by atoms with Crippen LogP contribution in [0.25, 0.3) is 0 Å². The minimum absolute atomic E-state index is 0.0825. The van der Waals surface area contributed by atoms with E-state index in [1.165, 1.54) is 11.3 Å². The van der Waals surface area contributed by atoms with E-state index in [4.69, 9.17) is 4.74 Å². The number of carbonyl (C=O) groups is 2. The molecule has 6 heteroatoms. The van der Waals surface area contributed by atoms with E-state index in [-0.39, 0.29) is 18.8 Å². The number of ketones is 1. The number of esters is 1. The Morgan fingerprint density at radius 3 is 2.54 bits per heavy atom. The predicted octanol–water partition coefficient (Wildman–Crippen LogP) is 4.57. The van der Waals surface area contributed by atoms with E-state index in [0.29, 0.717) is 5.56 Å². The van der Waals surface area contributed by atoms with E-state index in [2.05, 4.69) is 15.9 Å². The molecule has 0 radical (unpaired) electrons. The second-order valence-corrected chi connectivity index (χ2v) is 7.01. The number of halogens is 1. The van der Waals surface area contributed by atoms with E-state index < -0.39 is 17.8 Å². The first-order chi connectivity index (χ1) is 11.6. The molecule has 0 N–H and O–H groups in total. The smallest absolute Gasteiger partial charge is 0.324 e. The van der Waals surface area contributed by atoms with Crippen molar-refractivity contribution in [1.29, 1.82) is 5.26 Å². The van der Waals surface area contributed by atoms with Crippen LogP contribution >= 0.6 is 27.3 Å². The van der Waals surface area contributed by atoms with E-state index in [0.717, 1.165) is 9.35 Å². The third-order valence-electron chi connectivity index (χ3n) is 3.56. The Bertz CT molecular complexity index is 735. The Kier molecular flexibility index (Phi) is 6.71. The number of benzene rings is 1. The standard InChI is InChI=1S/C18H16BrNO3S/c1-2-23-18(22)15(11-20)14(17-4-3-9-24-17)10-16(21)12-5-7-13(19)8-6-12/h3-9,14-15H,2,10H2,1H3. The number of thiophene rings is 1. The summed E-state index contributed by atoms with van der Waals surface area (Å²) in [6.07, 6.45) is 0.0825. The van der Waals surface area contributed by atoms with Gasteiger partial charge in [0.1, 0.15) is 0 Å². The van der Waals surface area contributed by atoms with Gasteiger partial charge in [0.05, 0.1) is 12.7 Å². The highest BCUT2D eigenvalue weighted by Gasteiger charge is 2.33. The normalized spacial score (nSPS) is 12.9. The van der Waals surface area contributed by atoms with Crippen molar-refractivity contribution in [2.45, 2.75) is 19.3 Å². The molecule has 2 aromatic rings. The van der Waals surface area contributed by atoms with Gasteiger partial charge in [-0.1, -0.05) is 34.1 Å². The summed E-state index contributed by atoms with van der Waals surface area (Å²) in [5.74, 6) is -2.19. The van der Waals surface area contributed by atoms with Gasteiger partial charge in [0, 0.05) is 27.3 Å². The summed E-state index contributed by atoms with van der Waals surface area (Å²) in [5.41, 5.74) is 0.556. The molecular weight excluding hydrogens is 390 g/mol. The largest absolute Gasteiger partial charge is 0.465 e. The molecule has 0 aliphatic rings. The summed E-state index contributed by atoms with van der Waals surface area (Å²) >= 11 is 4.77. The minimum atomic E-state index is -0.997. The van der Waals surface area contributed by atoms with Crippen LogP contribution in [0, 0.1) is 17.2 Å². The molecule has 1 heterocycles. The summed E-state index contributed by atoms with van der Waals surface area (Å²) < 4.78 is 5.89. The van der Waals surface area contributed by atoms with E-state index >= 15 is 0 Å². The highest BCUT2D eigenvalue weighted by Crippen LogP contribution is 2.33. The highest BCUT2D eigenvalue weighted by molar-refractivity contribution is 9.10. The molecule has 0 aliphatic heterocycles. The van der Waals surface area contributed by atoms with Crippen molar-refractivity contribution in [1.82, 2.24) is 0 Å². The van der Waals surface area contributed by atoms with Crippen LogP contribution < -0.4 is 0 Å². The van der Waals surface area contributed by atoms with Crippen molar-refractivity contribution >= 4 is 39.0 Å². The van der Waals surface area contributed by atoms with Gasteiger partial charge in [0.25, 0.3) is 0 Å². The van der Waals surface area contributed by atoms with Crippen LogP contribution in [0.4, 0.5) is 0 Å². The molecule has 2 atom stereocenters. The molecule has 2 rings (SSSR count). The maximum absolute atomic E-state index is 12.6. The Labute approximate surface area is 153 Å². The Morgan fingerprint density at radius 1 is 1.29 bits per heavy atom. The van der Waals surface area contributed by atoms with Gasteiger partial charge in [0.2, 0.25) is 0 Å². The van der Waals surface area contributed by atoms with Gasteiger partial charge < -0.3 is 4.74 Å². The summed E-state index contributed by atoms with van der Waals surface area (Å²) in [7, 11) is 0. The van der Waals surface area contributed by atoms with Crippen LogP contribution in [-0.2, 0) is 9.53 Å². The lowest BCUT2D eigenvalue weighted by Gasteiger charge is -2.19. The second-order valence-electron chi connectivity index (χ2n) is 5.11. The zero-order chi connectivity index (χ0) is 17.5. The predicted molar refractivity (Wildman–Crippen MR) is 95.9 cm³/mol. The minimum Gasteiger partial charge on any atom is -0.465 e. The van der Waals surface area contributed by atoms with Gasteiger partial charge >= 0.3 is 5.97 Å². The van der Waals surface area contributed by atoms with Crippen molar-refractivity contribution in [2.75, 3.05) is 6.61 Å². The molecule has 1 aromatic heterocycles. The number of hydrogen-bond acceptors (Lipinski definition) is 5. The number of nitriles is 1. The van der Waals surface area contributed by atoms with Crippen LogP contribution in [0.2, 0.25) is 0 Å². The summed E-state index contributed by atoms with van der Waals surface area (Å²) in [5, 5.41) is 11.3. The third-order valence-corrected chi connectivity index (χ3v) is 5.10. The fourth-order valence-electron chi connectivity index (χ4n) is 2.38. The van der Waals surface area contributed by atoms with Crippen LogP contribution in [0.15, 0.2) is 46.3 Å². The summed E-state index contributed by atoms with van der Waals surface area (Å²) in [6, 6.07) is 12.7. The van der Waals surface area contributed by atoms with Gasteiger partial charge in [-0.3, -0.25) is 9.59 Å². The van der Waals surface area contributed by atoms with Crippen LogP contribution in [0.3, 0.4) is 0 Å².